The molecule has 3 rings (SSSR count). The highest BCUT2D eigenvalue weighted by Crippen LogP contribution is 2.33. The van der Waals surface area contributed by atoms with E-state index in [1.165, 1.54) is 12.1 Å². The normalized spacial score (nSPS) is 21.6. The van der Waals surface area contributed by atoms with E-state index in [0.717, 1.165) is 25.5 Å². The molecular weight excluding hydrogens is 339 g/mol. The summed E-state index contributed by atoms with van der Waals surface area (Å²) in [5, 5.41) is 23.3. The lowest BCUT2D eigenvalue weighted by Gasteiger charge is -2.42. The molecule has 0 unspecified atom stereocenters. The van der Waals surface area contributed by atoms with Crippen LogP contribution >= 0.6 is 0 Å². The van der Waals surface area contributed by atoms with Crippen LogP contribution in [0, 0.1) is 23.1 Å². The zero-order valence-corrected chi connectivity index (χ0v) is 14.2. The molecule has 3 N–H and O–H groups in total. The molecule has 0 aliphatic heterocycles. The summed E-state index contributed by atoms with van der Waals surface area (Å²) in [5.41, 5.74) is 0.216. The molecule has 2 aliphatic rings. The Morgan fingerprint density at radius 2 is 2.08 bits per heavy atom. The van der Waals surface area contributed by atoms with Crippen LogP contribution in [0.5, 0.6) is 0 Å². The quantitative estimate of drug-likeness (QED) is 0.691. The maximum atomic E-state index is 13.3. The molecule has 2 fully saturated rings. The van der Waals surface area contributed by atoms with Gasteiger partial charge in [-0.2, -0.15) is 5.26 Å². The molecule has 0 bridgehead atoms. The molecule has 0 saturated heterocycles. The highest BCUT2D eigenvalue weighted by atomic mass is 19.1. The third-order valence-electron chi connectivity index (χ3n) is 4.84. The number of nitriles is 1. The van der Waals surface area contributed by atoms with Crippen molar-refractivity contribution in [1.82, 2.24) is 10.2 Å². The molecule has 0 radical (unpaired) electrons. The number of urea groups is 1. The summed E-state index contributed by atoms with van der Waals surface area (Å²) in [4.78, 5) is 25.1. The van der Waals surface area contributed by atoms with Gasteiger partial charge in [0.1, 0.15) is 11.9 Å². The first-order valence-corrected chi connectivity index (χ1v) is 8.67. The molecule has 2 amide bonds. The molecular formula is C18H21FN4O3. The van der Waals surface area contributed by atoms with E-state index in [1.807, 2.05) is 4.90 Å². The summed E-state index contributed by atoms with van der Waals surface area (Å²) < 4.78 is 13.3. The summed E-state index contributed by atoms with van der Waals surface area (Å²) in [6, 6.07) is 5.27. The number of nitrogens with zero attached hydrogens (tertiary/aromatic N) is 2. The largest absolute Gasteiger partial charge is 0.480 e. The average molecular weight is 360 g/mol. The van der Waals surface area contributed by atoms with Gasteiger partial charge in [0.25, 0.3) is 0 Å². The Labute approximate surface area is 150 Å². The Morgan fingerprint density at radius 3 is 2.69 bits per heavy atom. The van der Waals surface area contributed by atoms with E-state index >= 15 is 0 Å². The summed E-state index contributed by atoms with van der Waals surface area (Å²) in [6.45, 7) is 0.842. The van der Waals surface area contributed by atoms with E-state index in [1.54, 1.807) is 6.07 Å². The molecule has 26 heavy (non-hydrogen) atoms. The number of carboxylic acid groups (broad SMARTS) is 1. The number of carbonyl (C=O) groups excluding carboxylic acids is 1. The monoisotopic (exact) mass is 360 g/mol. The van der Waals surface area contributed by atoms with Crippen molar-refractivity contribution in [3.05, 3.63) is 29.6 Å². The van der Waals surface area contributed by atoms with Crippen molar-refractivity contribution in [1.29, 1.82) is 5.26 Å². The number of aliphatic carboxylic acids is 1. The lowest BCUT2D eigenvalue weighted by Crippen LogP contribution is -2.55. The molecule has 7 nitrogen and oxygen atoms in total. The standard InChI is InChI=1S/C18H21FN4O3/c19-16-4-3-13(5-12(16)8-20)21-18(26)22-14-6-15(7-14)23(10-17(24)25)9-11-1-2-11/h3-5,11,14-15H,1-2,6-7,9-10H2,(H,24,25)(H2,21,22,26). The van der Waals surface area contributed by atoms with Crippen LogP contribution in [0.25, 0.3) is 0 Å². The van der Waals surface area contributed by atoms with Gasteiger partial charge in [-0.05, 0) is 49.8 Å². The second kappa shape index (κ2) is 7.70. The third-order valence-corrected chi connectivity index (χ3v) is 4.84. The first-order valence-electron chi connectivity index (χ1n) is 8.67. The first kappa shape index (κ1) is 18.1. The van der Waals surface area contributed by atoms with E-state index in [0.29, 0.717) is 24.4 Å². The second-order valence-corrected chi connectivity index (χ2v) is 6.99. The molecule has 8 heteroatoms. The number of carbonyl (C=O) groups is 2. The van der Waals surface area contributed by atoms with Gasteiger partial charge in [-0.25, -0.2) is 9.18 Å². The second-order valence-electron chi connectivity index (χ2n) is 6.99. The van der Waals surface area contributed by atoms with Crippen molar-refractivity contribution in [2.24, 2.45) is 5.92 Å². The van der Waals surface area contributed by atoms with Gasteiger partial charge in [0.15, 0.2) is 0 Å². The number of halogens is 1. The Bertz CT molecular complexity index is 738. The fraction of sp³-hybridized carbons (Fsp3) is 0.500. The van der Waals surface area contributed by atoms with Crippen molar-refractivity contribution in [3.8, 4) is 6.07 Å². The van der Waals surface area contributed by atoms with Crippen LogP contribution < -0.4 is 10.6 Å². The van der Waals surface area contributed by atoms with E-state index in [9.17, 15) is 14.0 Å². The van der Waals surface area contributed by atoms with E-state index in [2.05, 4.69) is 10.6 Å². The number of amides is 2. The number of anilines is 1. The van der Waals surface area contributed by atoms with Gasteiger partial charge in [-0.1, -0.05) is 0 Å². The summed E-state index contributed by atoms with van der Waals surface area (Å²) >= 11 is 0. The Balaban J connectivity index is 1.46. The molecule has 0 spiro atoms. The van der Waals surface area contributed by atoms with Crippen LogP contribution in [-0.4, -0.2) is 47.2 Å². The minimum absolute atomic E-state index is 0.0219. The average Bonchev–Trinajstić information content (AvgIpc) is 3.35. The predicted octanol–water partition coefficient (Wildman–Crippen LogP) is 2.15. The molecule has 1 aromatic carbocycles. The van der Waals surface area contributed by atoms with Gasteiger partial charge in [0, 0.05) is 24.3 Å². The topological polar surface area (TPSA) is 105 Å². The van der Waals surface area contributed by atoms with Crippen molar-refractivity contribution in [2.75, 3.05) is 18.4 Å². The number of rotatable bonds is 7. The minimum atomic E-state index is -0.829. The SMILES string of the molecule is N#Cc1cc(NC(=O)NC2CC(N(CC(=O)O)CC3CC3)C2)ccc1F. The van der Waals surface area contributed by atoms with Crippen LogP contribution in [0.3, 0.4) is 0 Å². The van der Waals surface area contributed by atoms with Crippen molar-refractivity contribution < 1.29 is 19.1 Å². The number of carboxylic acids is 1. The lowest BCUT2D eigenvalue weighted by molar-refractivity contribution is -0.139. The summed E-state index contributed by atoms with van der Waals surface area (Å²) in [7, 11) is 0. The summed E-state index contributed by atoms with van der Waals surface area (Å²) in [5.74, 6) is -0.851. The van der Waals surface area contributed by atoms with Gasteiger partial charge < -0.3 is 15.7 Å². The van der Waals surface area contributed by atoms with Crippen molar-refractivity contribution >= 4 is 17.7 Å². The van der Waals surface area contributed by atoms with Gasteiger partial charge in [0.2, 0.25) is 0 Å². The van der Waals surface area contributed by atoms with Crippen LogP contribution in [0.4, 0.5) is 14.9 Å². The van der Waals surface area contributed by atoms with Crippen molar-refractivity contribution in [2.45, 2.75) is 37.8 Å². The van der Waals surface area contributed by atoms with Gasteiger partial charge >= 0.3 is 12.0 Å². The number of hydrogen-bond acceptors (Lipinski definition) is 4. The maximum Gasteiger partial charge on any atom is 0.319 e. The van der Waals surface area contributed by atoms with Gasteiger partial charge in [-0.15, -0.1) is 0 Å². The maximum absolute atomic E-state index is 13.3. The minimum Gasteiger partial charge on any atom is -0.480 e. The Kier molecular flexibility index (Phi) is 5.38. The highest BCUT2D eigenvalue weighted by Gasteiger charge is 2.37. The molecule has 1 aromatic rings. The lowest BCUT2D eigenvalue weighted by atomic mass is 9.85. The fourth-order valence-electron chi connectivity index (χ4n) is 3.19. The zero-order valence-electron chi connectivity index (χ0n) is 14.2. The van der Waals surface area contributed by atoms with E-state index in [-0.39, 0.29) is 24.2 Å². The van der Waals surface area contributed by atoms with Crippen LogP contribution in [0.15, 0.2) is 18.2 Å². The smallest absolute Gasteiger partial charge is 0.319 e. The first-order chi connectivity index (χ1) is 12.4. The van der Waals surface area contributed by atoms with Gasteiger partial charge in [-0.3, -0.25) is 9.69 Å². The Morgan fingerprint density at radius 1 is 1.35 bits per heavy atom. The van der Waals surface area contributed by atoms with Crippen LogP contribution in [-0.2, 0) is 4.79 Å². The van der Waals surface area contributed by atoms with E-state index in [4.69, 9.17) is 10.4 Å². The molecule has 138 valence electrons. The van der Waals surface area contributed by atoms with Crippen LogP contribution in [0.1, 0.15) is 31.2 Å². The highest BCUT2D eigenvalue weighted by molar-refractivity contribution is 5.89. The summed E-state index contributed by atoms with van der Waals surface area (Å²) in [6.07, 6.45) is 3.74. The van der Waals surface area contributed by atoms with Crippen LogP contribution in [0.2, 0.25) is 0 Å². The molecule has 0 atom stereocenters. The van der Waals surface area contributed by atoms with E-state index < -0.39 is 17.8 Å². The third kappa shape index (κ3) is 4.70. The van der Waals surface area contributed by atoms with Crippen molar-refractivity contribution in [3.63, 3.8) is 0 Å². The number of hydrogen-bond donors (Lipinski definition) is 3. The molecule has 0 aromatic heterocycles. The molecule has 2 saturated carbocycles. The molecule has 0 heterocycles. The molecule has 2 aliphatic carbocycles. The number of nitrogens with one attached hydrogen (secondary N) is 2. The predicted molar refractivity (Wildman–Crippen MR) is 92.0 cm³/mol. The number of benzene rings is 1. The fourth-order valence-corrected chi connectivity index (χ4v) is 3.19. The van der Waals surface area contributed by atoms with Gasteiger partial charge in [0.05, 0.1) is 12.1 Å². The Hall–Kier alpha value is -2.66. The zero-order chi connectivity index (χ0) is 18.7.